The van der Waals surface area contributed by atoms with Gasteiger partial charge in [-0.2, -0.15) is 0 Å². The van der Waals surface area contributed by atoms with Crippen molar-refractivity contribution < 1.29 is 18.8 Å². The summed E-state index contributed by atoms with van der Waals surface area (Å²) in [7, 11) is -1.94. The highest BCUT2D eigenvalue weighted by Crippen LogP contribution is 2.46. The first-order valence-corrected chi connectivity index (χ1v) is 12.6. The van der Waals surface area contributed by atoms with E-state index in [9.17, 15) is 9.90 Å². The normalized spacial score (nSPS) is 28.6. The van der Waals surface area contributed by atoms with E-state index >= 15 is 0 Å². The summed E-state index contributed by atoms with van der Waals surface area (Å²) >= 11 is 0. The molecule has 0 aromatic heterocycles. The molecule has 2 aliphatic heterocycles. The molecule has 5 heteroatoms. The van der Waals surface area contributed by atoms with Crippen LogP contribution in [0.5, 0.6) is 0 Å². The van der Waals surface area contributed by atoms with E-state index in [1.54, 1.807) is 6.08 Å². The van der Waals surface area contributed by atoms with E-state index in [0.717, 1.165) is 5.56 Å². The number of aliphatic hydroxyl groups is 1. The summed E-state index contributed by atoms with van der Waals surface area (Å²) in [6.07, 6.45) is 2.44. The van der Waals surface area contributed by atoms with E-state index in [1.165, 1.54) is 0 Å². The summed E-state index contributed by atoms with van der Waals surface area (Å²) in [5, 5.41) is 11.3. The molecule has 2 heterocycles. The number of Topliss-reactive ketones (excluding diaryl/α,β-unsaturated/α-hetero) is 1. The Morgan fingerprint density at radius 1 is 1.30 bits per heavy atom. The number of benzene rings is 1. The highest BCUT2D eigenvalue weighted by Gasteiger charge is 2.61. The molecular formula is C22H32NO3Si+. The fourth-order valence-electron chi connectivity index (χ4n) is 4.15. The van der Waals surface area contributed by atoms with Crippen LogP contribution in [-0.4, -0.2) is 48.9 Å². The Morgan fingerprint density at radius 2 is 1.93 bits per heavy atom. The number of aliphatic hydroxyl groups excluding tert-OH is 1. The summed E-state index contributed by atoms with van der Waals surface area (Å²) in [5.41, 5.74) is 1.26. The first-order valence-electron chi connectivity index (χ1n) is 9.72. The predicted molar refractivity (Wildman–Crippen MR) is 112 cm³/mol. The standard InChI is InChI=1S/C22H31NO3Si/c1-7-13-23-15-17(26-27(5,6)22(2,3)4)14-18(23)20(24)19(21(23)25)16-11-9-8-10-12-16/h7-12,17-18H,1,13-15H2,2-6H3/p+1/t17-,18+,23+/m0/s1. The van der Waals surface area contributed by atoms with Crippen LogP contribution in [0.2, 0.25) is 18.1 Å². The Morgan fingerprint density at radius 3 is 2.48 bits per heavy atom. The minimum absolute atomic E-state index is 0.0146. The number of ketones is 1. The van der Waals surface area contributed by atoms with Crippen molar-refractivity contribution in [1.82, 2.24) is 0 Å². The summed E-state index contributed by atoms with van der Waals surface area (Å²) in [6.45, 7) is 16.2. The molecule has 0 aliphatic carbocycles. The third-order valence-corrected chi connectivity index (χ3v) is 11.1. The zero-order chi connectivity index (χ0) is 20.0. The summed E-state index contributed by atoms with van der Waals surface area (Å²) in [6, 6.07) is 9.20. The third-order valence-electron chi connectivity index (χ3n) is 6.59. The molecule has 27 heavy (non-hydrogen) atoms. The molecule has 1 saturated heterocycles. The van der Waals surface area contributed by atoms with Gasteiger partial charge in [0.25, 0.3) is 0 Å². The number of quaternary nitrogens is 1. The number of rotatable bonds is 5. The quantitative estimate of drug-likeness (QED) is 0.455. The van der Waals surface area contributed by atoms with Crippen molar-refractivity contribution in [2.45, 2.75) is 57.5 Å². The van der Waals surface area contributed by atoms with Gasteiger partial charge in [0.1, 0.15) is 24.8 Å². The first-order chi connectivity index (χ1) is 12.5. The summed E-state index contributed by atoms with van der Waals surface area (Å²) in [5.74, 6) is 0.208. The van der Waals surface area contributed by atoms with Crippen molar-refractivity contribution in [2.24, 2.45) is 0 Å². The van der Waals surface area contributed by atoms with Crippen molar-refractivity contribution >= 4 is 19.7 Å². The van der Waals surface area contributed by atoms with Crippen molar-refractivity contribution in [3.05, 3.63) is 54.4 Å². The molecule has 1 aromatic carbocycles. The van der Waals surface area contributed by atoms with E-state index in [-0.39, 0.29) is 33.3 Å². The third kappa shape index (κ3) is 3.22. The van der Waals surface area contributed by atoms with Crippen molar-refractivity contribution in [2.75, 3.05) is 13.1 Å². The average Bonchev–Trinajstić information content (AvgIpc) is 3.01. The highest BCUT2D eigenvalue weighted by atomic mass is 28.4. The van der Waals surface area contributed by atoms with E-state index in [1.807, 2.05) is 30.3 Å². The van der Waals surface area contributed by atoms with Gasteiger partial charge in [-0.15, -0.1) is 0 Å². The van der Waals surface area contributed by atoms with Gasteiger partial charge >= 0.3 is 5.88 Å². The molecule has 0 saturated carbocycles. The number of carbonyl (C=O) groups is 1. The van der Waals surface area contributed by atoms with Gasteiger partial charge in [0.05, 0.1) is 0 Å². The molecule has 0 radical (unpaired) electrons. The number of carbonyl (C=O) groups excluding carboxylic acids is 1. The second-order valence-electron chi connectivity index (χ2n) is 9.37. The van der Waals surface area contributed by atoms with E-state index in [2.05, 4.69) is 40.4 Å². The van der Waals surface area contributed by atoms with Crippen LogP contribution in [0.4, 0.5) is 0 Å². The molecule has 1 aromatic rings. The van der Waals surface area contributed by atoms with Gasteiger partial charge in [0.15, 0.2) is 14.4 Å². The number of hydrogen-bond donors (Lipinski definition) is 1. The van der Waals surface area contributed by atoms with Crippen LogP contribution in [0, 0.1) is 0 Å². The lowest BCUT2D eigenvalue weighted by Crippen LogP contribution is -2.51. The molecule has 0 amide bonds. The Bertz CT molecular complexity index is 778. The molecule has 146 valence electrons. The molecule has 1 N–H and O–H groups in total. The second-order valence-corrected chi connectivity index (χ2v) is 14.1. The van der Waals surface area contributed by atoms with E-state index < -0.39 is 8.32 Å². The van der Waals surface area contributed by atoms with Crippen LogP contribution >= 0.6 is 0 Å². The zero-order valence-corrected chi connectivity index (χ0v) is 18.2. The van der Waals surface area contributed by atoms with E-state index in [0.29, 0.717) is 25.1 Å². The van der Waals surface area contributed by atoms with Gasteiger partial charge in [-0.05, 0) is 29.8 Å². The minimum atomic E-state index is -1.94. The topological polar surface area (TPSA) is 46.5 Å². The van der Waals surface area contributed by atoms with Crippen molar-refractivity contribution in [3.8, 4) is 0 Å². The van der Waals surface area contributed by atoms with Crippen LogP contribution in [0.25, 0.3) is 5.57 Å². The Labute approximate surface area is 163 Å². The Kier molecular flexibility index (Phi) is 5.00. The molecule has 2 aliphatic rings. The lowest BCUT2D eigenvalue weighted by Gasteiger charge is -2.38. The van der Waals surface area contributed by atoms with Crippen LogP contribution in [0.15, 0.2) is 48.9 Å². The summed E-state index contributed by atoms with van der Waals surface area (Å²) < 4.78 is 6.87. The zero-order valence-electron chi connectivity index (χ0n) is 17.2. The maximum atomic E-state index is 13.3. The fraction of sp³-hybridized carbons (Fsp3) is 0.500. The molecule has 0 bridgehead atoms. The maximum absolute atomic E-state index is 13.3. The molecule has 4 nitrogen and oxygen atoms in total. The van der Waals surface area contributed by atoms with Crippen molar-refractivity contribution in [1.29, 1.82) is 0 Å². The van der Waals surface area contributed by atoms with Crippen LogP contribution in [-0.2, 0) is 9.22 Å². The smallest absolute Gasteiger partial charge is 0.301 e. The molecule has 0 unspecified atom stereocenters. The lowest BCUT2D eigenvalue weighted by atomic mass is 9.99. The molecular weight excluding hydrogens is 354 g/mol. The number of fused-ring (bicyclic) bond motifs is 1. The SMILES string of the molecule is C=CC[N@@+]12C[C@@H](O[Si](C)(C)C(C)(C)C)C[C@@H]1C(=O)C(c1ccccc1)=C2O. The Hall–Kier alpha value is -1.69. The molecule has 0 spiro atoms. The van der Waals surface area contributed by atoms with Gasteiger partial charge < -0.3 is 9.53 Å². The molecule has 1 fully saturated rings. The first kappa shape index (κ1) is 20.1. The molecule has 3 atom stereocenters. The predicted octanol–water partition coefficient (Wildman–Crippen LogP) is 4.66. The van der Waals surface area contributed by atoms with Gasteiger partial charge in [0, 0.05) is 6.42 Å². The minimum Gasteiger partial charge on any atom is -0.467 e. The average molecular weight is 387 g/mol. The van der Waals surface area contributed by atoms with E-state index in [4.69, 9.17) is 4.43 Å². The lowest BCUT2D eigenvalue weighted by molar-refractivity contribution is -0.900. The van der Waals surface area contributed by atoms with Crippen LogP contribution in [0.1, 0.15) is 32.8 Å². The van der Waals surface area contributed by atoms with Crippen LogP contribution < -0.4 is 0 Å². The number of nitrogens with zero attached hydrogens (tertiary/aromatic N) is 1. The number of hydrogen-bond acceptors (Lipinski definition) is 3. The highest BCUT2D eigenvalue weighted by molar-refractivity contribution is 6.74. The molecule has 3 rings (SSSR count). The monoisotopic (exact) mass is 386 g/mol. The maximum Gasteiger partial charge on any atom is 0.301 e. The van der Waals surface area contributed by atoms with Gasteiger partial charge in [-0.1, -0.05) is 57.7 Å². The van der Waals surface area contributed by atoms with Gasteiger partial charge in [-0.25, -0.2) is 4.48 Å². The van der Waals surface area contributed by atoms with Crippen LogP contribution in [0.3, 0.4) is 0 Å². The fourth-order valence-corrected chi connectivity index (χ4v) is 5.51. The van der Waals surface area contributed by atoms with Gasteiger partial charge in [-0.3, -0.25) is 4.79 Å². The largest absolute Gasteiger partial charge is 0.467 e. The summed E-state index contributed by atoms with van der Waals surface area (Å²) in [4.78, 5) is 13.3. The second kappa shape index (κ2) is 6.73. The van der Waals surface area contributed by atoms with Gasteiger partial charge in [0.2, 0.25) is 5.78 Å². The Balaban J connectivity index is 1.96. The van der Waals surface area contributed by atoms with Crippen molar-refractivity contribution in [3.63, 3.8) is 0 Å².